The first-order valence-corrected chi connectivity index (χ1v) is 6.51. The molecule has 0 fully saturated rings. The summed E-state index contributed by atoms with van der Waals surface area (Å²) in [5.41, 5.74) is 2.96. The lowest BCUT2D eigenvalue weighted by Gasteiger charge is -2.14. The molecule has 0 aromatic carbocycles. The van der Waals surface area contributed by atoms with Gasteiger partial charge in [-0.15, -0.1) is 0 Å². The standard InChI is InChI=1S/C13H21N5O/c1-10(7-14-5-6-19-2)16-8-11-3-4-15-13-12(11)17-9-18-13/h3-4,9-10,14,16H,5-8H2,1-2H3,(H,15,17,18). The zero-order valence-electron chi connectivity index (χ0n) is 11.4. The maximum absolute atomic E-state index is 4.99. The van der Waals surface area contributed by atoms with E-state index < -0.39 is 0 Å². The lowest BCUT2D eigenvalue weighted by Crippen LogP contribution is -2.37. The average Bonchev–Trinajstić information content (AvgIpc) is 2.90. The first kappa shape index (κ1) is 13.9. The first-order chi connectivity index (χ1) is 9.31. The zero-order valence-corrected chi connectivity index (χ0v) is 11.4. The second-order valence-corrected chi connectivity index (χ2v) is 4.55. The Morgan fingerprint density at radius 3 is 3.16 bits per heavy atom. The lowest BCUT2D eigenvalue weighted by atomic mass is 10.2. The summed E-state index contributed by atoms with van der Waals surface area (Å²) in [6, 6.07) is 2.40. The average molecular weight is 263 g/mol. The first-order valence-electron chi connectivity index (χ1n) is 6.51. The largest absolute Gasteiger partial charge is 0.383 e. The van der Waals surface area contributed by atoms with E-state index in [-0.39, 0.29) is 0 Å². The summed E-state index contributed by atoms with van der Waals surface area (Å²) in [5.74, 6) is 0. The van der Waals surface area contributed by atoms with Gasteiger partial charge in [-0.2, -0.15) is 0 Å². The normalized spacial score (nSPS) is 12.9. The van der Waals surface area contributed by atoms with E-state index in [1.165, 1.54) is 5.56 Å². The van der Waals surface area contributed by atoms with Gasteiger partial charge in [-0.1, -0.05) is 0 Å². The molecular formula is C13H21N5O. The third-order valence-corrected chi connectivity index (χ3v) is 2.99. The van der Waals surface area contributed by atoms with E-state index in [1.54, 1.807) is 19.6 Å². The molecule has 19 heavy (non-hydrogen) atoms. The van der Waals surface area contributed by atoms with Crippen LogP contribution in [0.2, 0.25) is 0 Å². The Hall–Kier alpha value is -1.50. The number of hydrogen-bond acceptors (Lipinski definition) is 5. The van der Waals surface area contributed by atoms with Crippen LogP contribution in [-0.2, 0) is 11.3 Å². The van der Waals surface area contributed by atoms with Crippen LogP contribution in [0.3, 0.4) is 0 Å². The van der Waals surface area contributed by atoms with Crippen molar-refractivity contribution in [2.24, 2.45) is 0 Å². The maximum Gasteiger partial charge on any atom is 0.177 e. The molecule has 2 aromatic heterocycles. The Balaban J connectivity index is 1.80. The molecule has 0 aliphatic heterocycles. The third-order valence-electron chi connectivity index (χ3n) is 2.99. The minimum Gasteiger partial charge on any atom is -0.383 e. The van der Waals surface area contributed by atoms with E-state index in [0.717, 1.165) is 37.4 Å². The third kappa shape index (κ3) is 3.99. The number of hydrogen-bond donors (Lipinski definition) is 3. The van der Waals surface area contributed by atoms with Gasteiger partial charge < -0.3 is 20.4 Å². The number of fused-ring (bicyclic) bond motifs is 1. The number of rotatable bonds is 8. The zero-order chi connectivity index (χ0) is 13.5. The fourth-order valence-corrected chi connectivity index (χ4v) is 1.90. The molecule has 0 amide bonds. The number of aromatic amines is 1. The molecule has 1 atom stereocenters. The van der Waals surface area contributed by atoms with Crippen LogP contribution in [0.25, 0.3) is 11.2 Å². The highest BCUT2D eigenvalue weighted by atomic mass is 16.5. The van der Waals surface area contributed by atoms with Crippen molar-refractivity contribution < 1.29 is 4.74 Å². The van der Waals surface area contributed by atoms with Gasteiger partial charge in [0.2, 0.25) is 0 Å². The minimum absolute atomic E-state index is 0.392. The van der Waals surface area contributed by atoms with Crippen LogP contribution in [-0.4, -0.2) is 47.8 Å². The number of imidazole rings is 1. The Kier molecular flexibility index (Phi) is 5.26. The molecule has 0 aliphatic rings. The monoisotopic (exact) mass is 263 g/mol. The molecule has 0 saturated heterocycles. The molecule has 0 spiro atoms. The highest BCUT2D eigenvalue weighted by Crippen LogP contribution is 2.11. The Labute approximate surface area is 113 Å². The van der Waals surface area contributed by atoms with Gasteiger partial charge in [0, 0.05) is 39.0 Å². The molecule has 0 bridgehead atoms. The second kappa shape index (κ2) is 7.18. The fourth-order valence-electron chi connectivity index (χ4n) is 1.90. The van der Waals surface area contributed by atoms with Crippen molar-refractivity contribution in [2.45, 2.75) is 19.5 Å². The molecule has 2 rings (SSSR count). The summed E-state index contributed by atoms with van der Waals surface area (Å²) in [6.07, 6.45) is 3.47. The quantitative estimate of drug-likeness (QED) is 0.610. The SMILES string of the molecule is COCCNCC(C)NCc1ccnc2nc[nH]c12. The Morgan fingerprint density at radius 2 is 2.32 bits per heavy atom. The van der Waals surface area contributed by atoms with Crippen LogP contribution < -0.4 is 10.6 Å². The molecule has 104 valence electrons. The van der Waals surface area contributed by atoms with E-state index in [4.69, 9.17) is 4.74 Å². The fraction of sp³-hybridized carbons (Fsp3) is 0.538. The number of nitrogens with zero attached hydrogens (tertiary/aromatic N) is 2. The molecule has 2 aromatic rings. The highest BCUT2D eigenvalue weighted by Gasteiger charge is 2.06. The molecule has 0 saturated carbocycles. The van der Waals surface area contributed by atoms with Gasteiger partial charge in [-0.3, -0.25) is 0 Å². The van der Waals surface area contributed by atoms with E-state index >= 15 is 0 Å². The summed E-state index contributed by atoms with van der Waals surface area (Å²) in [4.78, 5) is 11.5. The molecule has 6 heteroatoms. The van der Waals surface area contributed by atoms with Crippen molar-refractivity contribution in [3.63, 3.8) is 0 Å². The predicted molar refractivity (Wildman–Crippen MR) is 74.9 cm³/mol. The summed E-state index contributed by atoms with van der Waals surface area (Å²) in [7, 11) is 1.71. The van der Waals surface area contributed by atoms with Crippen molar-refractivity contribution in [2.75, 3.05) is 26.8 Å². The number of aromatic nitrogens is 3. The summed E-state index contributed by atoms with van der Waals surface area (Å²) < 4.78 is 4.99. The molecule has 0 aliphatic carbocycles. The van der Waals surface area contributed by atoms with Gasteiger partial charge in [0.25, 0.3) is 0 Å². The molecule has 3 N–H and O–H groups in total. The van der Waals surface area contributed by atoms with Gasteiger partial charge in [-0.25, -0.2) is 9.97 Å². The number of pyridine rings is 1. The predicted octanol–water partition coefficient (Wildman–Crippen LogP) is 0.672. The molecule has 0 radical (unpaired) electrons. The summed E-state index contributed by atoms with van der Waals surface area (Å²) >= 11 is 0. The number of H-pyrrole nitrogens is 1. The van der Waals surface area contributed by atoms with Crippen molar-refractivity contribution in [3.8, 4) is 0 Å². The van der Waals surface area contributed by atoms with Crippen LogP contribution in [0.1, 0.15) is 12.5 Å². The van der Waals surface area contributed by atoms with Crippen LogP contribution in [0.15, 0.2) is 18.6 Å². The van der Waals surface area contributed by atoms with Crippen molar-refractivity contribution in [3.05, 3.63) is 24.2 Å². The van der Waals surface area contributed by atoms with E-state index in [1.807, 2.05) is 6.07 Å². The van der Waals surface area contributed by atoms with Crippen molar-refractivity contribution >= 4 is 11.2 Å². The van der Waals surface area contributed by atoms with Gasteiger partial charge in [0.1, 0.15) is 0 Å². The molecule has 1 unspecified atom stereocenters. The van der Waals surface area contributed by atoms with Gasteiger partial charge in [-0.05, 0) is 18.6 Å². The van der Waals surface area contributed by atoms with Crippen LogP contribution in [0.5, 0.6) is 0 Å². The van der Waals surface area contributed by atoms with Gasteiger partial charge in [0.05, 0.1) is 18.5 Å². The Morgan fingerprint density at radius 1 is 1.42 bits per heavy atom. The van der Waals surface area contributed by atoms with E-state index in [0.29, 0.717) is 6.04 Å². The van der Waals surface area contributed by atoms with E-state index in [2.05, 4.69) is 32.5 Å². The molecule has 2 heterocycles. The van der Waals surface area contributed by atoms with Crippen LogP contribution in [0.4, 0.5) is 0 Å². The van der Waals surface area contributed by atoms with Gasteiger partial charge >= 0.3 is 0 Å². The maximum atomic E-state index is 4.99. The molecule has 6 nitrogen and oxygen atoms in total. The van der Waals surface area contributed by atoms with Crippen LogP contribution in [0, 0.1) is 0 Å². The van der Waals surface area contributed by atoms with Crippen molar-refractivity contribution in [1.82, 2.24) is 25.6 Å². The highest BCUT2D eigenvalue weighted by molar-refractivity contribution is 5.73. The van der Waals surface area contributed by atoms with Crippen LogP contribution >= 0.6 is 0 Å². The number of methoxy groups -OCH3 is 1. The number of nitrogens with one attached hydrogen (secondary N) is 3. The van der Waals surface area contributed by atoms with Crippen molar-refractivity contribution in [1.29, 1.82) is 0 Å². The molecular weight excluding hydrogens is 242 g/mol. The number of ether oxygens (including phenoxy) is 1. The van der Waals surface area contributed by atoms with Gasteiger partial charge in [0.15, 0.2) is 5.65 Å². The summed E-state index contributed by atoms with van der Waals surface area (Å²) in [6.45, 7) is 5.49. The summed E-state index contributed by atoms with van der Waals surface area (Å²) in [5, 5.41) is 6.81. The lowest BCUT2D eigenvalue weighted by molar-refractivity contribution is 0.198. The second-order valence-electron chi connectivity index (χ2n) is 4.55. The Bertz CT molecular complexity index is 498. The van der Waals surface area contributed by atoms with E-state index in [9.17, 15) is 0 Å². The minimum atomic E-state index is 0.392. The smallest absolute Gasteiger partial charge is 0.177 e. The topological polar surface area (TPSA) is 74.9 Å².